The molecule has 0 aromatic heterocycles. The molecule has 4 heteroatoms. The van der Waals surface area contributed by atoms with E-state index in [2.05, 4.69) is 13.8 Å². The molecule has 0 saturated carbocycles. The van der Waals surface area contributed by atoms with E-state index in [1.807, 2.05) is 6.08 Å². The van der Waals surface area contributed by atoms with Gasteiger partial charge in [-0.15, -0.1) is 0 Å². The Kier molecular flexibility index (Phi) is 9.19. The maximum atomic E-state index is 9.85. The van der Waals surface area contributed by atoms with E-state index < -0.39 is 6.10 Å². The van der Waals surface area contributed by atoms with E-state index in [1.165, 1.54) is 19.3 Å². The average Bonchev–Trinajstić information content (AvgIpc) is 2.48. The molecule has 0 radical (unpaired) electrons. The topological polar surface area (TPSA) is 58.9 Å². The number of allylic oxidation sites excluding steroid dienone is 3. The third kappa shape index (κ3) is 8.12. The lowest BCUT2D eigenvalue weighted by molar-refractivity contribution is -0.0124. The fraction of sp³-hybridized carbons (Fsp3) is 0.765. The summed E-state index contributed by atoms with van der Waals surface area (Å²) < 4.78 is 11.1. The van der Waals surface area contributed by atoms with Crippen molar-refractivity contribution in [3.05, 3.63) is 23.7 Å². The highest BCUT2D eigenvalue weighted by molar-refractivity contribution is 5.19. The zero-order chi connectivity index (χ0) is 15.5. The Labute approximate surface area is 128 Å². The summed E-state index contributed by atoms with van der Waals surface area (Å²) in [6.45, 7) is 5.57. The van der Waals surface area contributed by atoms with Crippen LogP contribution in [0.5, 0.6) is 0 Å². The monoisotopic (exact) mass is 298 g/mol. The smallest absolute Gasteiger partial charge is 0.118 e. The molecule has 0 aliphatic heterocycles. The van der Waals surface area contributed by atoms with Crippen LogP contribution in [-0.2, 0) is 9.47 Å². The summed E-state index contributed by atoms with van der Waals surface area (Å²) in [6.07, 6.45) is 9.08. The highest BCUT2D eigenvalue weighted by atomic mass is 16.5. The van der Waals surface area contributed by atoms with Gasteiger partial charge >= 0.3 is 0 Å². The largest absolute Gasteiger partial charge is 0.512 e. The predicted octanol–water partition coefficient (Wildman–Crippen LogP) is 3.72. The summed E-state index contributed by atoms with van der Waals surface area (Å²) in [5, 5.41) is 19.2. The molecule has 0 heterocycles. The van der Waals surface area contributed by atoms with Crippen molar-refractivity contribution in [3.63, 3.8) is 0 Å². The molecule has 1 aliphatic carbocycles. The van der Waals surface area contributed by atoms with Crippen LogP contribution in [0.25, 0.3) is 0 Å². The van der Waals surface area contributed by atoms with Crippen LogP contribution in [0, 0.1) is 5.92 Å². The van der Waals surface area contributed by atoms with Gasteiger partial charge in [-0.2, -0.15) is 0 Å². The van der Waals surface area contributed by atoms with Crippen molar-refractivity contribution in [1.29, 1.82) is 0 Å². The molecule has 0 saturated heterocycles. The van der Waals surface area contributed by atoms with Gasteiger partial charge in [-0.05, 0) is 24.8 Å². The van der Waals surface area contributed by atoms with Gasteiger partial charge in [0.1, 0.15) is 18.5 Å². The lowest BCUT2D eigenvalue weighted by atomic mass is 10.0. The molecule has 0 aromatic carbocycles. The van der Waals surface area contributed by atoms with Gasteiger partial charge in [0, 0.05) is 19.1 Å². The Morgan fingerprint density at radius 3 is 2.71 bits per heavy atom. The molecule has 0 fully saturated rings. The molecular formula is C17H30O4. The molecule has 2 unspecified atom stereocenters. The van der Waals surface area contributed by atoms with Crippen LogP contribution >= 0.6 is 0 Å². The van der Waals surface area contributed by atoms with Crippen molar-refractivity contribution >= 4 is 0 Å². The van der Waals surface area contributed by atoms with Crippen LogP contribution in [0.1, 0.15) is 52.4 Å². The Morgan fingerprint density at radius 1 is 1.24 bits per heavy atom. The van der Waals surface area contributed by atoms with Gasteiger partial charge in [0.05, 0.1) is 12.4 Å². The first-order valence-corrected chi connectivity index (χ1v) is 8.14. The van der Waals surface area contributed by atoms with E-state index in [4.69, 9.17) is 9.47 Å². The summed E-state index contributed by atoms with van der Waals surface area (Å²) in [5.41, 5.74) is 0. The number of hydrogen-bond acceptors (Lipinski definition) is 4. The number of hydrogen-bond donors (Lipinski definition) is 2. The van der Waals surface area contributed by atoms with Crippen LogP contribution in [0.3, 0.4) is 0 Å². The number of aliphatic hydroxyl groups is 2. The highest BCUT2D eigenvalue weighted by Gasteiger charge is 2.11. The molecule has 0 spiro atoms. The van der Waals surface area contributed by atoms with Crippen LogP contribution in [0.2, 0.25) is 0 Å². The van der Waals surface area contributed by atoms with Crippen LogP contribution in [0.4, 0.5) is 0 Å². The Balaban J connectivity index is 2.13. The second-order valence-electron chi connectivity index (χ2n) is 5.70. The van der Waals surface area contributed by atoms with Gasteiger partial charge < -0.3 is 19.7 Å². The number of unbranched alkanes of at least 4 members (excludes halogenated alkanes) is 1. The van der Waals surface area contributed by atoms with E-state index in [9.17, 15) is 10.2 Å². The van der Waals surface area contributed by atoms with Gasteiger partial charge in [-0.25, -0.2) is 0 Å². The average molecular weight is 298 g/mol. The summed E-state index contributed by atoms with van der Waals surface area (Å²) in [7, 11) is 0. The van der Waals surface area contributed by atoms with Crippen molar-refractivity contribution in [2.45, 2.75) is 58.5 Å². The maximum absolute atomic E-state index is 9.85. The molecule has 4 nitrogen and oxygen atoms in total. The van der Waals surface area contributed by atoms with Gasteiger partial charge in [0.2, 0.25) is 0 Å². The van der Waals surface area contributed by atoms with Crippen molar-refractivity contribution in [1.82, 2.24) is 0 Å². The van der Waals surface area contributed by atoms with Crippen LogP contribution < -0.4 is 0 Å². The molecule has 0 amide bonds. The Hall–Kier alpha value is -1.00. The van der Waals surface area contributed by atoms with Crippen LogP contribution in [-0.4, -0.2) is 36.1 Å². The van der Waals surface area contributed by atoms with Gasteiger partial charge in [0.15, 0.2) is 0 Å². The molecule has 2 N–H and O–H groups in total. The highest BCUT2D eigenvalue weighted by Crippen LogP contribution is 2.16. The summed E-state index contributed by atoms with van der Waals surface area (Å²) in [4.78, 5) is 0. The molecule has 1 rings (SSSR count). The van der Waals surface area contributed by atoms with Crippen molar-refractivity contribution in [2.75, 3.05) is 19.8 Å². The fourth-order valence-corrected chi connectivity index (χ4v) is 2.27. The van der Waals surface area contributed by atoms with Crippen molar-refractivity contribution in [3.8, 4) is 0 Å². The number of rotatable bonds is 11. The van der Waals surface area contributed by atoms with Crippen LogP contribution in [0.15, 0.2) is 23.7 Å². The standard InChI is InChI=1S/C17H30O4/c1-3-5-7-14(4-2)11-20-12-16(19)13-21-17-9-6-8-15(18)10-17/h9-10,14,16,18-19H,3-8,11-13H2,1-2H3. The number of ether oxygens (including phenoxy) is 2. The quantitative estimate of drug-likeness (QED) is 0.610. The lowest BCUT2D eigenvalue weighted by Gasteiger charge is -2.18. The Bertz CT molecular complexity index is 336. The maximum Gasteiger partial charge on any atom is 0.118 e. The third-order valence-electron chi connectivity index (χ3n) is 3.70. The first kappa shape index (κ1) is 18.1. The third-order valence-corrected chi connectivity index (χ3v) is 3.70. The minimum absolute atomic E-state index is 0.196. The second kappa shape index (κ2) is 10.7. The van der Waals surface area contributed by atoms with E-state index in [0.717, 1.165) is 12.8 Å². The van der Waals surface area contributed by atoms with Gasteiger partial charge in [-0.1, -0.05) is 33.1 Å². The molecular weight excluding hydrogens is 268 g/mol. The van der Waals surface area contributed by atoms with E-state index in [0.29, 0.717) is 37.1 Å². The SMILES string of the molecule is CCCCC(CC)COCC(O)COC1=CCCC(O)=C1. The summed E-state index contributed by atoms with van der Waals surface area (Å²) in [5.74, 6) is 1.55. The fourth-order valence-electron chi connectivity index (χ4n) is 2.27. The zero-order valence-corrected chi connectivity index (χ0v) is 13.4. The normalized spacial score (nSPS) is 17.9. The molecule has 1 aliphatic rings. The second-order valence-corrected chi connectivity index (χ2v) is 5.70. The van der Waals surface area contributed by atoms with Crippen molar-refractivity contribution in [2.24, 2.45) is 5.92 Å². The molecule has 21 heavy (non-hydrogen) atoms. The van der Waals surface area contributed by atoms with Crippen molar-refractivity contribution < 1.29 is 19.7 Å². The summed E-state index contributed by atoms with van der Waals surface area (Å²) in [6, 6.07) is 0. The first-order chi connectivity index (χ1) is 10.2. The predicted molar refractivity (Wildman–Crippen MR) is 84.1 cm³/mol. The lowest BCUT2D eigenvalue weighted by Crippen LogP contribution is -2.23. The zero-order valence-electron chi connectivity index (χ0n) is 13.4. The van der Waals surface area contributed by atoms with Gasteiger partial charge in [-0.3, -0.25) is 0 Å². The van der Waals surface area contributed by atoms with Gasteiger partial charge in [0.25, 0.3) is 0 Å². The minimum atomic E-state index is -0.632. The van der Waals surface area contributed by atoms with E-state index in [-0.39, 0.29) is 6.61 Å². The molecule has 0 bridgehead atoms. The number of aliphatic hydroxyl groups excluding tert-OH is 2. The Morgan fingerprint density at radius 2 is 2.05 bits per heavy atom. The first-order valence-electron chi connectivity index (χ1n) is 8.14. The molecule has 2 atom stereocenters. The minimum Gasteiger partial charge on any atom is -0.512 e. The molecule has 0 aromatic rings. The van der Waals surface area contributed by atoms with E-state index >= 15 is 0 Å². The van der Waals surface area contributed by atoms with E-state index in [1.54, 1.807) is 6.08 Å². The molecule has 122 valence electrons. The summed E-state index contributed by atoms with van der Waals surface area (Å²) >= 11 is 0.